The number of primary amides is 1. The average Bonchev–Trinajstić information content (AvgIpc) is 2.91. The lowest BCUT2D eigenvalue weighted by Gasteiger charge is -2.35. The number of aliphatic carboxylic acids is 1. The molecular weight excluding hydrogens is 562 g/mol. The number of aromatic nitrogens is 2. The molecule has 15 heteroatoms. The van der Waals surface area contributed by atoms with Crippen LogP contribution in [0.25, 0.3) is 5.57 Å². The molecule has 0 aliphatic carbocycles. The van der Waals surface area contributed by atoms with Crippen molar-refractivity contribution in [1.82, 2.24) is 9.97 Å². The van der Waals surface area contributed by atoms with Gasteiger partial charge in [0, 0.05) is 17.8 Å². The van der Waals surface area contributed by atoms with E-state index in [1.165, 1.54) is 18.5 Å². The number of halogens is 5. The molecule has 212 valence electrons. The van der Waals surface area contributed by atoms with Gasteiger partial charge < -0.3 is 30.5 Å². The van der Waals surface area contributed by atoms with Gasteiger partial charge in [0.05, 0.1) is 24.4 Å². The Morgan fingerprint density at radius 3 is 2.62 bits per heavy atom. The van der Waals surface area contributed by atoms with E-state index in [4.69, 9.17) is 36.7 Å². The number of ether oxygens (including phenoxy) is 2. The Morgan fingerprint density at radius 1 is 1.25 bits per heavy atom. The highest BCUT2D eigenvalue weighted by Gasteiger charge is 2.38. The van der Waals surface area contributed by atoms with E-state index in [1.54, 1.807) is 36.5 Å². The highest BCUT2D eigenvalue weighted by Crippen LogP contribution is 2.32. The standard InChI is InChI=1S/C23H21ClFN5O3.C2HF3O2/c1-14(22(26)31)15-3-2-4-17(9-15)33-23-20(11-27-13-28-23)30-7-8-32-21(12-30)29-16-5-6-19(25)18(24)10-16;3-2(4,5)1(6)7/h2-6,9-11,13,21,29H,1,7-8,12H2,(H2,26,31);(H,6,7). The summed E-state index contributed by atoms with van der Waals surface area (Å²) in [6.45, 7) is 5.19. The van der Waals surface area contributed by atoms with Crippen molar-refractivity contribution >= 4 is 40.4 Å². The fraction of sp³-hybridized carbons (Fsp3) is 0.200. The number of nitrogens with zero attached hydrogens (tertiary/aromatic N) is 3. The molecule has 2 aromatic carbocycles. The van der Waals surface area contributed by atoms with Crippen molar-refractivity contribution in [3.05, 3.63) is 78.0 Å². The van der Waals surface area contributed by atoms with E-state index in [1.807, 2.05) is 4.90 Å². The molecule has 0 radical (unpaired) electrons. The van der Waals surface area contributed by atoms with E-state index in [2.05, 4.69) is 21.9 Å². The van der Waals surface area contributed by atoms with Gasteiger partial charge in [-0.25, -0.2) is 14.2 Å². The quantitative estimate of drug-likeness (QED) is 0.271. The number of benzene rings is 2. The number of morpholine rings is 1. The van der Waals surface area contributed by atoms with Gasteiger partial charge in [0.15, 0.2) is 0 Å². The summed E-state index contributed by atoms with van der Waals surface area (Å²) in [6.07, 6.45) is -2.41. The fourth-order valence-corrected chi connectivity index (χ4v) is 3.52. The smallest absolute Gasteiger partial charge is 0.475 e. The summed E-state index contributed by atoms with van der Waals surface area (Å²) in [4.78, 5) is 30.8. The minimum atomic E-state index is -5.08. The van der Waals surface area contributed by atoms with E-state index >= 15 is 0 Å². The predicted octanol–water partition coefficient (Wildman–Crippen LogP) is 4.47. The molecule has 1 aromatic heterocycles. The molecule has 3 aromatic rings. The highest BCUT2D eigenvalue weighted by atomic mass is 35.5. The fourth-order valence-electron chi connectivity index (χ4n) is 3.34. The van der Waals surface area contributed by atoms with Crippen LogP contribution in [0.5, 0.6) is 11.6 Å². The number of carbonyl (C=O) groups is 2. The van der Waals surface area contributed by atoms with Gasteiger partial charge in [-0.05, 0) is 35.9 Å². The van der Waals surface area contributed by atoms with Gasteiger partial charge in [-0.2, -0.15) is 18.2 Å². The van der Waals surface area contributed by atoms with Crippen molar-refractivity contribution in [2.45, 2.75) is 12.4 Å². The van der Waals surface area contributed by atoms with Gasteiger partial charge in [0.2, 0.25) is 11.8 Å². The summed E-state index contributed by atoms with van der Waals surface area (Å²) in [6, 6.07) is 11.3. The SMILES string of the molecule is C=C(C(N)=O)c1cccc(Oc2ncncc2N2CCOC(Nc3ccc(F)c(Cl)c3)C2)c1.O=C(O)C(F)(F)F. The van der Waals surface area contributed by atoms with Gasteiger partial charge in [-0.15, -0.1) is 0 Å². The lowest BCUT2D eigenvalue weighted by atomic mass is 10.1. The zero-order valence-corrected chi connectivity index (χ0v) is 21.2. The molecule has 0 saturated carbocycles. The van der Waals surface area contributed by atoms with E-state index in [-0.39, 0.29) is 16.8 Å². The number of anilines is 2. The number of amides is 1. The molecule has 0 spiro atoms. The lowest BCUT2D eigenvalue weighted by molar-refractivity contribution is -0.192. The molecule has 1 aliphatic heterocycles. The van der Waals surface area contributed by atoms with Crippen LogP contribution in [0.2, 0.25) is 5.02 Å². The van der Waals surface area contributed by atoms with Crippen LogP contribution < -0.4 is 20.7 Å². The number of nitrogens with two attached hydrogens (primary N) is 1. The number of carbonyl (C=O) groups excluding carboxylic acids is 1. The number of hydrogen-bond donors (Lipinski definition) is 3. The number of nitrogens with one attached hydrogen (secondary N) is 1. The zero-order chi connectivity index (χ0) is 29.4. The molecule has 4 N–H and O–H groups in total. The van der Waals surface area contributed by atoms with Gasteiger partial charge in [-0.3, -0.25) is 4.79 Å². The molecule has 1 atom stereocenters. The van der Waals surface area contributed by atoms with Crippen LogP contribution in [0, 0.1) is 5.82 Å². The lowest BCUT2D eigenvalue weighted by Crippen LogP contribution is -2.46. The number of hydrogen-bond acceptors (Lipinski definition) is 8. The summed E-state index contributed by atoms with van der Waals surface area (Å²) < 4.78 is 57.0. The Kier molecular flexibility index (Phi) is 9.85. The van der Waals surface area contributed by atoms with Crippen LogP contribution in [0.3, 0.4) is 0 Å². The third-order valence-electron chi connectivity index (χ3n) is 5.25. The van der Waals surface area contributed by atoms with Crippen LogP contribution >= 0.6 is 11.6 Å². The van der Waals surface area contributed by atoms with Crippen LogP contribution in [-0.4, -0.2) is 59.1 Å². The first-order valence-electron chi connectivity index (χ1n) is 11.3. The normalized spacial score (nSPS) is 14.9. The molecule has 4 rings (SSSR count). The molecule has 1 amide bonds. The predicted molar refractivity (Wildman–Crippen MR) is 137 cm³/mol. The second kappa shape index (κ2) is 13.1. The Labute approximate surface area is 230 Å². The number of carboxylic acid groups (broad SMARTS) is 1. The van der Waals surface area contributed by atoms with Gasteiger partial charge >= 0.3 is 12.1 Å². The van der Waals surface area contributed by atoms with E-state index in [0.717, 1.165) is 0 Å². The average molecular weight is 584 g/mol. The third kappa shape index (κ3) is 8.28. The van der Waals surface area contributed by atoms with Crippen molar-refractivity contribution in [3.63, 3.8) is 0 Å². The van der Waals surface area contributed by atoms with E-state index < -0.39 is 23.9 Å². The molecule has 0 bridgehead atoms. The maximum absolute atomic E-state index is 13.4. The second-order valence-electron chi connectivity index (χ2n) is 8.07. The highest BCUT2D eigenvalue weighted by molar-refractivity contribution is 6.31. The van der Waals surface area contributed by atoms with Crippen LogP contribution in [-0.2, 0) is 14.3 Å². The molecule has 1 saturated heterocycles. The third-order valence-corrected chi connectivity index (χ3v) is 5.54. The molecule has 1 unspecified atom stereocenters. The van der Waals surface area contributed by atoms with Crippen molar-refractivity contribution < 1.29 is 41.7 Å². The molecule has 2 heterocycles. The number of alkyl halides is 3. The second-order valence-corrected chi connectivity index (χ2v) is 8.47. The number of rotatable bonds is 7. The van der Waals surface area contributed by atoms with E-state index in [9.17, 15) is 22.4 Å². The van der Waals surface area contributed by atoms with Crippen LogP contribution in [0.4, 0.5) is 28.9 Å². The number of carboxylic acids is 1. The summed E-state index contributed by atoms with van der Waals surface area (Å²) in [5.41, 5.74) is 7.38. The first-order chi connectivity index (χ1) is 18.8. The topological polar surface area (TPSA) is 140 Å². The zero-order valence-electron chi connectivity index (χ0n) is 20.5. The molecule has 10 nitrogen and oxygen atoms in total. The van der Waals surface area contributed by atoms with Crippen molar-refractivity contribution in [2.24, 2.45) is 5.73 Å². The molecule has 1 fully saturated rings. The van der Waals surface area contributed by atoms with Crippen molar-refractivity contribution in [3.8, 4) is 11.6 Å². The summed E-state index contributed by atoms with van der Waals surface area (Å²) in [5, 5.41) is 10.4. The van der Waals surface area contributed by atoms with Crippen molar-refractivity contribution in [1.29, 1.82) is 0 Å². The minimum Gasteiger partial charge on any atom is -0.475 e. The first kappa shape index (κ1) is 30.1. The Balaban J connectivity index is 0.000000559. The summed E-state index contributed by atoms with van der Waals surface area (Å²) in [5.74, 6) is -3.03. The molecular formula is C25H22ClF4N5O5. The largest absolute Gasteiger partial charge is 0.490 e. The van der Waals surface area contributed by atoms with Crippen LogP contribution in [0.15, 0.2) is 61.6 Å². The molecule has 40 heavy (non-hydrogen) atoms. The Hall–Kier alpha value is -4.43. The summed E-state index contributed by atoms with van der Waals surface area (Å²) >= 11 is 5.87. The van der Waals surface area contributed by atoms with Gasteiger partial charge in [0.25, 0.3) is 0 Å². The van der Waals surface area contributed by atoms with Gasteiger partial charge in [0.1, 0.15) is 29.8 Å². The minimum absolute atomic E-state index is 0.0288. The van der Waals surface area contributed by atoms with Crippen LogP contribution in [0.1, 0.15) is 5.56 Å². The monoisotopic (exact) mass is 583 g/mol. The maximum atomic E-state index is 13.4. The van der Waals surface area contributed by atoms with Crippen molar-refractivity contribution in [2.75, 3.05) is 29.9 Å². The van der Waals surface area contributed by atoms with Gasteiger partial charge in [-0.1, -0.05) is 30.3 Å². The molecule has 1 aliphatic rings. The van der Waals surface area contributed by atoms with E-state index in [0.29, 0.717) is 48.3 Å². The summed E-state index contributed by atoms with van der Waals surface area (Å²) in [7, 11) is 0. The maximum Gasteiger partial charge on any atom is 0.490 e. The Bertz CT molecular complexity index is 1390. The first-order valence-corrected chi connectivity index (χ1v) is 11.7. The Morgan fingerprint density at radius 2 is 1.98 bits per heavy atom.